The van der Waals surface area contributed by atoms with Gasteiger partial charge in [0.1, 0.15) is 5.76 Å². The molecule has 1 aromatic heterocycles. The van der Waals surface area contributed by atoms with E-state index < -0.39 is 6.10 Å². The predicted octanol–water partition coefficient (Wildman–Crippen LogP) is 7.72. The van der Waals surface area contributed by atoms with Crippen LogP contribution >= 0.6 is 31.9 Å². The number of rotatable bonds is 9. The molecule has 54 heavy (non-hydrogen) atoms. The second-order valence-corrected chi connectivity index (χ2v) is 15.6. The van der Waals surface area contributed by atoms with E-state index >= 15 is 0 Å². The van der Waals surface area contributed by atoms with Gasteiger partial charge in [0.25, 0.3) is 0 Å². The predicted molar refractivity (Wildman–Crippen MR) is 219 cm³/mol. The third kappa shape index (κ3) is 7.07. The molecule has 1 amide bonds. The Bertz CT molecular complexity index is 2570. The van der Waals surface area contributed by atoms with E-state index in [1.165, 1.54) is 25.1 Å². The van der Waals surface area contributed by atoms with Crippen molar-refractivity contribution in [3.8, 4) is 28.2 Å². The number of fused-ring (bicyclic) bond motifs is 5. The summed E-state index contributed by atoms with van der Waals surface area (Å²) in [6.45, 7) is 5.40. The molecule has 1 atom stereocenters. The van der Waals surface area contributed by atoms with Crippen LogP contribution in [-0.2, 0) is 11.3 Å². The number of piperazine rings is 1. The number of phenolic OH excluding ortho intramolecular Hbond substituents is 1. The van der Waals surface area contributed by atoms with Gasteiger partial charge in [0.15, 0.2) is 22.5 Å². The first-order chi connectivity index (χ1) is 26.0. The third-order valence-electron chi connectivity index (χ3n) is 10.1. The lowest BCUT2D eigenvalue weighted by Crippen LogP contribution is -2.50. The zero-order valence-corrected chi connectivity index (χ0v) is 32.5. The molecule has 1 saturated heterocycles. The molecule has 1 fully saturated rings. The number of Topliss-reactive ketones (excluding diaryl/α,β-unsaturated/α-hetero) is 1. The number of aromatic hydroxyl groups is 1. The van der Waals surface area contributed by atoms with Gasteiger partial charge < -0.3 is 24.5 Å². The number of β-amino-alcohol motifs (C(OH)–C–C–N with tert-alkyl or cyclic N) is 1. The van der Waals surface area contributed by atoms with Crippen LogP contribution in [0.15, 0.2) is 109 Å². The van der Waals surface area contributed by atoms with Gasteiger partial charge in [-0.3, -0.25) is 24.2 Å². The van der Waals surface area contributed by atoms with Gasteiger partial charge in [-0.2, -0.15) is 0 Å². The van der Waals surface area contributed by atoms with Gasteiger partial charge >= 0.3 is 0 Å². The average molecular weight is 853 g/mol. The maximum atomic E-state index is 13.4. The van der Waals surface area contributed by atoms with E-state index in [2.05, 4.69) is 75.8 Å². The van der Waals surface area contributed by atoms with E-state index in [0.29, 0.717) is 72.6 Å². The number of hydrogen-bond donors (Lipinski definition) is 3. The lowest BCUT2D eigenvalue weighted by atomic mass is 9.89. The number of nitrogens with zero attached hydrogens (tertiary/aromatic N) is 3. The van der Waals surface area contributed by atoms with Crippen molar-refractivity contribution >= 4 is 82.0 Å². The average Bonchev–Trinajstić information content (AvgIpc) is 3.42. The third-order valence-corrected chi connectivity index (χ3v) is 11.1. The van der Waals surface area contributed by atoms with Gasteiger partial charge in [-0.15, -0.1) is 0 Å². The fraction of sp³-hybridized carbons (Fsp3) is 0.214. The zero-order chi connectivity index (χ0) is 37.7. The Morgan fingerprint density at radius 3 is 2.17 bits per heavy atom. The first-order valence-electron chi connectivity index (χ1n) is 17.7. The normalized spacial score (nSPS) is 14.7. The van der Waals surface area contributed by atoms with Crippen LogP contribution in [0.1, 0.15) is 17.3 Å². The maximum Gasteiger partial charge on any atom is 0.238 e. The Labute approximate surface area is 327 Å². The summed E-state index contributed by atoms with van der Waals surface area (Å²) >= 11 is 7.20. The van der Waals surface area contributed by atoms with E-state index in [1.807, 2.05) is 12.1 Å². The molecule has 5 aromatic rings. The standard InChI is InChI=1S/C42H36Br2N4O6/c1-24(49)30-9-7-27(19-35(30)41-31-10-8-28(50)20-39(31)54-42-32(41)3-2-4-38(42)52)45-40(53)23-47-15-13-46(14-16-47)21-29(51)22-48-36-11-5-25(43)17-33(36)34-18-26(44)6-12-37(34)48/h2-12,17-20,29,51-52H,13-16,21-23H2,1H3,(H,45,53). The number of amides is 1. The van der Waals surface area contributed by atoms with Crippen LogP contribution in [0.2, 0.25) is 0 Å². The summed E-state index contributed by atoms with van der Waals surface area (Å²) < 4.78 is 10.2. The van der Waals surface area contributed by atoms with Gasteiger partial charge in [0, 0.05) is 97.3 Å². The first kappa shape index (κ1) is 36.1. The molecule has 1 aliphatic carbocycles. The first-order valence-corrected chi connectivity index (χ1v) is 19.2. The minimum atomic E-state index is -0.586. The Hall–Kier alpha value is -4.85. The molecule has 0 spiro atoms. The van der Waals surface area contributed by atoms with Gasteiger partial charge in [0.2, 0.25) is 5.91 Å². The zero-order valence-electron chi connectivity index (χ0n) is 29.3. The van der Waals surface area contributed by atoms with Gasteiger partial charge in [-0.1, -0.05) is 44.0 Å². The molecule has 3 N–H and O–H groups in total. The number of aromatic nitrogens is 1. The van der Waals surface area contributed by atoms with Crippen molar-refractivity contribution in [2.45, 2.75) is 19.6 Å². The van der Waals surface area contributed by atoms with Crippen LogP contribution in [0.3, 0.4) is 0 Å². The number of aliphatic hydroxyl groups excluding tert-OH is 1. The van der Waals surface area contributed by atoms with E-state index in [1.54, 1.807) is 36.4 Å². The van der Waals surface area contributed by atoms with Crippen LogP contribution in [0.25, 0.3) is 55.2 Å². The van der Waals surface area contributed by atoms with Gasteiger partial charge in [0.05, 0.1) is 19.2 Å². The number of carbonyl (C=O) groups excluding carboxylic acids is 2. The topological polar surface area (TPSA) is 128 Å². The van der Waals surface area contributed by atoms with Gasteiger partial charge in [-0.05, 0) is 85.3 Å². The number of aliphatic hydroxyl groups is 1. The van der Waals surface area contributed by atoms with Crippen molar-refractivity contribution in [1.82, 2.24) is 14.4 Å². The Kier molecular flexibility index (Phi) is 9.88. The molecule has 3 heterocycles. The fourth-order valence-electron chi connectivity index (χ4n) is 7.65. The summed E-state index contributed by atoms with van der Waals surface area (Å²) in [6, 6.07) is 27.0. The summed E-state index contributed by atoms with van der Waals surface area (Å²) in [7, 11) is 0. The smallest absolute Gasteiger partial charge is 0.238 e. The number of carbonyl (C=O) groups is 2. The number of para-hydroxylation sites is 1. The highest BCUT2D eigenvalue weighted by Gasteiger charge is 2.25. The minimum Gasteiger partial charge on any atom is -0.504 e. The van der Waals surface area contributed by atoms with Crippen molar-refractivity contribution in [1.29, 1.82) is 0 Å². The Morgan fingerprint density at radius 1 is 0.796 bits per heavy atom. The van der Waals surface area contributed by atoms with E-state index in [-0.39, 0.29) is 40.8 Å². The molecule has 274 valence electrons. The summed E-state index contributed by atoms with van der Waals surface area (Å²) in [5, 5.41) is 27.7. The number of anilines is 1. The molecule has 0 saturated carbocycles. The van der Waals surface area contributed by atoms with E-state index in [9.17, 15) is 24.6 Å². The molecule has 4 aromatic carbocycles. The molecule has 2 aliphatic heterocycles. The SMILES string of the molecule is CC(=O)c1ccc(NC(=O)CN2CCN(CC(O)Cn3c4ccc(Br)cc4c4cc(Br)ccc43)CC2)cc1-c1c2ccc(=O)cc-2oc2c(O)cccc12. The Morgan fingerprint density at radius 2 is 1.48 bits per heavy atom. The minimum absolute atomic E-state index is 0.0967. The molecular weight excluding hydrogens is 816 g/mol. The van der Waals surface area contributed by atoms with E-state index in [4.69, 9.17) is 4.42 Å². The number of nitrogens with one attached hydrogen (secondary N) is 1. The van der Waals surface area contributed by atoms with Crippen LogP contribution in [0.4, 0.5) is 5.69 Å². The molecule has 3 aliphatic rings. The lowest BCUT2D eigenvalue weighted by Gasteiger charge is -2.35. The quantitative estimate of drug-likeness (QED) is 0.0996. The van der Waals surface area contributed by atoms with Crippen molar-refractivity contribution < 1.29 is 24.2 Å². The van der Waals surface area contributed by atoms with Crippen LogP contribution < -0.4 is 10.7 Å². The Balaban J connectivity index is 0.946. The van der Waals surface area contributed by atoms with Crippen LogP contribution in [0.5, 0.6) is 5.75 Å². The molecule has 0 bridgehead atoms. The highest BCUT2D eigenvalue weighted by molar-refractivity contribution is 9.10. The van der Waals surface area contributed by atoms with Crippen molar-refractivity contribution in [2.75, 3.05) is 44.6 Å². The largest absolute Gasteiger partial charge is 0.504 e. The molecule has 10 nitrogen and oxygen atoms in total. The van der Waals surface area contributed by atoms with Crippen molar-refractivity contribution in [3.05, 3.63) is 116 Å². The van der Waals surface area contributed by atoms with E-state index in [0.717, 1.165) is 30.8 Å². The highest BCUT2D eigenvalue weighted by atomic mass is 79.9. The lowest BCUT2D eigenvalue weighted by molar-refractivity contribution is -0.117. The van der Waals surface area contributed by atoms with Crippen molar-refractivity contribution in [2.24, 2.45) is 0 Å². The summed E-state index contributed by atoms with van der Waals surface area (Å²) in [6.07, 6.45) is -0.586. The number of phenols is 1. The molecule has 1 unspecified atom stereocenters. The van der Waals surface area contributed by atoms with Crippen LogP contribution in [-0.4, -0.2) is 81.6 Å². The second kappa shape index (κ2) is 14.8. The second-order valence-electron chi connectivity index (χ2n) is 13.8. The van der Waals surface area contributed by atoms with Crippen LogP contribution in [0, 0.1) is 0 Å². The molecular formula is C42H36Br2N4O6. The number of hydrogen-bond acceptors (Lipinski definition) is 8. The highest BCUT2D eigenvalue weighted by Crippen LogP contribution is 2.44. The maximum absolute atomic E-state index is 13.4. The molecule has 12 heteroatoms. The molecule has 8 rings (SSSR count). The summed E-state index contributed by atoms with van der Waals surface area (Å²) in [5.41, 5.74) is 4.77. The summed E-state index contributed by atoms with van der Waals surface area (Å²) in [4.78, 5) is 42.8. The summed E-state index contributed by atoms with van der Waals surface area (Å²) in [5.74, 6) is -0.192. The number of benzene rings is 5. The monoisotopic (exact) mass is 850 g/mol. The van der Waals surface area contributed by atoms with Crippen molar-refractivity contribution in [3.63, 3.8) is 0 Å². The number of ketones is 1. The number of halogens is 2. The molecule has 0 radical (unpaired) electrons. The fourth-order valence-corrected chi connectivity index (χ4v) is 8.37. The van der Waals surface area contributed by atoms with Gasteiger partial charge in [-0.25, -0.2) is 0 Å².